The molecule has 1 aromatic heterocycles. The molecule has 0 unspecified atom stereocenters. The van der Waals surface area contributed by atoms with Gasteiger partial charge >= 0.3 is 11.9 Å². The van der Waals surface area contributed by atoms with Crippen LogP contribution in [0.2, 0.25) is 0 Å². The summed E-state index contributed by atoms with van der Waals surface area (Å²) in [4.78, 5) is 24.2. The molecular weight excluding hydrogens is 198 g/mol. The van der Waals surface area contributed by atoms with E-state index in [2.05, 4.69) is 4.98 Å². The van der Waals surface area contributed by atoms with Gasteiger partial charge in [0.1, 0.15) is 11.4 Å². The fourth-order valence-electron chi connectivity index (χ4n) is 1.72. The Morgan fingerprint density at radius 2 is 1.33 bits per heavy atom. The first-order chi connectivity index (χ1) is 7.02. The Balaban J connectivity index is 3.44. The highest BCUT2D eigenvalue weighted by atomic mass is 16.4. The van der Waals surface area contributed by atoms with E-state index in [1.165, 1.54) is 0 Å². The first-order valence-corrected chi connectivity index (χ1v) is 4.73. The summed E-state index contributed by atoms with van der Waals surface area (Å²) in [6.45, 7) is 3.61. The third-order valence-electron chi connectivity index (χ3n) is 2.35. The second kappa shape index (κ2) is 4.16. The van der Waals surface area contributed by atoms with Gasteiger partial charge in [-0.15, -0.1) is 0 Å². The summed E-state index contributed by atoms with van der Waals surface area (Å²) in [5.41, 5.74) is 1.16. The number of hydrogen-bond donors (Lipinski definition) is 3. The van der Waals surface area contributed by atoms with Gasteiger partial charge in [0.05, 0.1) is 0 Å². The van der Waals surface area contributed by atoms with Crippen molar-refractivity contribution in [2.75, 3.05) is 0 Å². The molecule has 1 heterocycles. The van der Waals surface area contributed by atoms with Gasteiger partial charge in [-0.3, -0.25) is 0 Å². The second-order valence-electron chi connectivity index (χ2n) is 3.15. The Kier molecular flexibility index (Phi) is 3.14. The molecule has 0 saturated heterocycles. The van der Waals surface area contributed by atoms with Crippen molar-refractivity contribution in [1.82, 2.24) is 4.98 Å². The molecule has 82 valence electrons. The van der Waals surface area contributed by atoms with E-state index in [1.54, 1.807) is 13.8 Å². The third-order valence-corrected chi connectivity index (χ3v) is 2.35. The van der Waals surface area contributed by atoms with Gasteiger partial charge in [-0.1, -0.05) is 13.8 Å². The zero-order chi connectivity index (χ0) is 11.6. The molecule has 3 N–H and O–H groups in total. The van der Waals surface area contributed by atoms with Gasteiger partial charge in [-0.05, 0) is 24.0 Å². The number of aromatic carboxylic acids is 2. The van der Waals surface area contributed by atoms with E-state index in [4.69, 9.17) is 10.2 Å². The van der Waals surface area contributed by atoms with E-state index in [-0.39, 0.29) is 11.4 Å². The highest BCUT2D eigenvalue weighted by Crippen LogP contribution is 2.20. The van der Waals surface area contributed by atoms with Gasteiger partial charge in [-0.2, -0.15) is 0 Å². The molecule has 5 heteroatoms. The molecule has 0 aliphatic rings. The Hall–Kier alpha value is -1.78. The van der Waals surface area contributed by atoms with Crippen molar-refractivity contribution >= 4 is 11.9 Å². The monoisotopic (exact) mass is 211 g/mol. The van der Waals surface area contributed by atoms with Crippen molar-refractivity contribution < 1.29 is 19.8 Å². The zero-order valence-electron chi connectivity index (χ0n) is 8.63. The van der Waals surface area contributed by atoms with Crippen molar-refractivity contribution in [2.45, 2.75) is 26.7 Å². The summed E-state index contributed by atoms with van der Waals surface area (Å²) in [5, 5.41) is 17.8. The van der Waals surface area contributed by atoms with Gasteiger partial charge in [0, 0.05) is 0 Å². The average molecular weight is 211 g/mol. The first kappa shape index (κ1) is 11.3. The second-order valence-corrected chi connectivity index (χ2v) is 3.15. The van der Waals surface area contributed by atoms with Crippen LogP contribution in [0.3, 0.4) is 0 Å². The van der Waals surface area contributed by atoms with Crippen LogP contribution in [0.15, 0.2) is 0 Å². The van der Waals surface area contributed by atoms with Crippen molar-refractivity contribution in [1.29, 1.82) is 0 Å². The lowest BCUT2D eigenvalue weighted by Crippen LogP contribution is -2.02. The number of nitrogens with one attached hydrogen (secondary N) is 1. The van der Waals surface area contributed by atoms with Gasteiger partial charge in [0.2, 0.25) is 0 Å². The van der Waals surface area contributed by atoms with Crippen molar-refractivity contribution in [3.63, 3.8) is 0 Å². The molecule has 0 radical (unpaired) electrons. The molecule has 0 atom stereocenters. The summed E-state index contributed by atoms with van der Waals surface area (Å²) in [7, 11) is 0. The smallest absolute Gasteiger partial charge is 0.352 e. The number of rotatable bonds is 4. The topological polar surface area (TPSA) is 90.4 Å². The van der Waals surface area contributed by atoms with Crippen LogP contribution in [0.5, 0.6) is 0 Å². The molecule has 0 aromatic carbocycles. The Bertz CT molecular complexity index is 369. The summed E-state index contributed by atoms with van der Waals surface area (Å²) >= 11 is 0. The van der Waals surface area contributed by atoms with Gasteiger partial charge < -0.3 is 15.2 Å². The van der Waals surface area contributed by atoms with Gasteiger partial charge in [-0.25, -0.2) is 9.59 Å². The minimum Gasteiger partial charge on any atom is -0.477 e. The van der Waals surface area contributed by atoms with E-state index < -0.39 is 11.9 Å². The molecule has 0 amide bonds. The molecule has 1 aromatic rings. The highest BCUT2D eigenvalue weighted by molar-refractivity contribution is 5.94. The molecule has 0 spiro atoms. The molecular formula is C10H13NO4. The van der Waals surface area contributed by atoms with Crippen LogP contribution in [0.4, 0.5) is 0 Å². The standard InChI is InChI=1S/C10H13NO4/c1-3-5-6(4-2)8(10(14)15)11-7(5)9(12)13/h11H,3-4H2,1-2H3,(H,12,13)(H,14,15). The predicted molar refractivity (Wildman–Crippen MR) is 53.5 cm³/mol. The summed E-state index contributed by atoms with van der Waals surface area (Å²) in [6, 6.07) is 0. The largest absolute Gasteiger partial charge is 0.477 e. The quantitative estimate of drug-likeness (QED) is 0.704. The lowest BCUT2D eigenvalue weighted by molar-refractivity contribution is 0.0688. The summed E-state index contributed by atoms with van der Waals surface area (Å²) in [5.74, 6) is -2.23. The highest BCUT2D eigenvalue weighted by Gasteiger charge is 2.22. The molecule has 5 nitrogen and oxygen atoms in total. The molecule has 0 aliphatic heterocycles. The predicted octanol–water partition coefficient (Wildman–Crippen LogP) is 1.54. The lowest BCUT2D eigenvalue weighted by Gasteiger charge is -1.99. The molecule has 0 bridgehead atoms. The fourth-order valence-corrected chi connectivity index (χ4v) is 1.72. The third kappa shape index (κ3) is 1.86. The Morgan fingerprint density at radius 1 is 1.00 bits per heavy atom. The van der Waals surface area contributed by atoms with Crippen molar-refractivity contribution in [3.05, 3.63) is 22.5 Å². The van der Waals surface area contributed by atoms with Gasteiger partial charge in [0.25, 0.3) is 0 Å². The number of carboxylic acids is 2. The molecule has 15 heavy (non-hydrogen) atoms. The number of carbonyl (C=O) groups is 2. The maximum atomic E-state index is 10.9. The number of carboxylic acid groups (broad SMARTS) is 2. The van der Waals surface area contributed by atoms with Crippen LogP contribution in [-0.4, -0.2) is 27.1 Å². The minimum atomic E-state index is -1.12. The van der Waals surface area contributed by atoms with E-state index in [0.717, 1.165) is 0 Å². The lowest BCUT2D eigenvalue weighted by atomic mass is 10.0. The van der Waals surface area contributed by atoms with Crippen molar-refractivity contribution in [2.24, 2.45) is 0 Å². The molecule has 0 fully saturated rings. The van der Waals surface area contributed by atoms with Crippen LogP contribution in [0, 0.1) is 0 Å². The van der Waals surface area contributed by atoms with Gasteiger partial charge in [0.15, 0.2) is 0 Å². The van der Waals surface area contributed by atoms with Crippen LogP contribution >= 0.6 is 0 Å². The Morgan fingerprint density at radius 3 is 1.53 bits per heavy atom. The zero-order valence-corrected chi connectivity index (χ0v) is 8.63. The van der Waals surface area contributed by atoms with E-state index in [0.29, 0.717) is 24.0 Å². The Labute approximate surface area is 86.7 Å². The fraction of sp³-hybridized carbons (Fsp3) is 0.400. The first-order valence-electron chi connectivity index (χ1n) is 4.73. The number of H-pyrrole nitrogens is 1. The van der Waals surface area contributed by atoms with Crippen LogP contribution in [0.1, 0.15) is 46.0 Å². The van der Waals surface area contributed by atoms with Crippen LogP contribution in [0.25, 0.3) is 0 Å². The maximum absolute atomic E-state index is 10.9. The molecule has 1 rings (SSSR count). The van der Waals surface area contributed by atoms with E-state index >= 15 is 0 Å². The number of hydrogen-bond acceptors (Lipinski definition) is 2. The SMILES string of the molecule is CCc1c(C(=O)O)[nH]c(C(=O)O)c1CC. The minimum absolute atomic E-state index is 0.00764. The average Bonchev–Trinajstić information content (AvgIpc) is 2.55. The number of aromatic nitrogens is 1. The summed E-state index contributed by atoms with van der Waals surface area (Å²) < 4.78 is 0. The van der Waals surface area contributed by atoms with Crippen LogP contribution < -0.4 is 0 Å². The number of aromatic amines is 1. The normalized spacial score (nSPS) is 10.3. The molecule has 0 aliphatic carbocycles. The van der Waals surface area contributed by atoms with Crippen LogP contribution in [-0.2, 0) is 12.8 Å². The van der Waals surface area contributed by atoms with E-state index in [9.17, 15) is 9.59 Å². The summed E-state index contributed by atoms with van der Waals surface area (Å²) in [6.07, 6.45) is 1.02. The van der Waals surface area contributed by atoms with E-state index in [1.807, 2.05) is 0 Å². The van der Waals surface area contributed by atoms with Crippen molar-refractivity contribution in [3.8, 4) is 0 Å². The maximum Gasteiger partial charge on any atom is 0.352 e. The molecule has 0 saturated carbocycles.